The van der Waals surface area contributed by atoms with Gasteiger partial charge in [0.2, 0.25) is 0 Å². The van der Waals surface area contributed by atoms with E-state index in [9.17, 15) is 0 Å². The third-order valence-electron chi connectivity index (χ3n) is 3.61. The average molecular weight is 218 g/mol. The molecule has 88 valence electrons. The van der Waals surface area contributed by atoms with Crippen molar-refractivity contribution in [2.45, 2.75) is 45.6 Å². The molecule has 1 fully saturated rings. The van der Waals surface area contributed by atoms with E-state index in [4.69, 9.17) is 0 Å². The van der Waals surface area contributed by atoms with E-state index in [0.29, 0.717) is 0 Å². The highest BCUT2D eigenvalue weighted by atomic mass is 14.9. The van der Waals surface area contributed by atoms with Crippen molar-refractivity contribution in [2.24, 2.45) is 5.92 Å². The van der Waals surface area contributed by atoms with E-state index in [2.05, 4.69) is 23.3 Å². The molecule has 1 aliphatic carbocycles. The van der Waals surface area contributed by atoms with Gasteiger partial charge in [0.25, 0.3) is 0 Å². The van der Waals surface area contributed by atoms with Crippen molar-refractivity contribution in [1.82, 2.24) is 10.3 Å². The summed E-state index contributed by atoms with van der Waals surface area (Å²) in [5, 5.41) is 3.51. The Balaban J connectivity index is 1.66. The average Bonchev–Trinajstić information content (AvgIpc) is 2.79. The Kier molecular flexibility index (Phi) is 4.34. The van der Waals surface area contributed by atoms with Gasteiger partial charge >= 0.3 is 0 Å². The van der Waals surface area contributed by atoms with E-state index < -0.39 is 0 Å². The largest absolute Gasteiger partial charge is 0.311 e. The lowest BCUT2D eigenvalue weighted by Gasteiger charge is -2.10. The molecule has 0 unspecified atom stereocenters. The molecule has 0 bridgehead atoms. The maximum atomic E-state index is 4.39. The van der Waals surface area contributed by atoms with Crippen LogP contribution in [0, 0.1) is 12.8 Å². The van der Waals surface area contributed by atoms with E-state index in [0.717, 1.165) is 19.0 Å². The Morgan fingerprint density at radius 3 is 2.94 bits per heavy atom. The number of nitrogens with one attached hydrogen (secondary N) is 1. The lowest BCUT2D eigenvalue weighted by molar-refractivity contribution is 0.476. The summed E-state index contributed by atoms with van der Waals surface area (Å²) in [5.41, 5.74) is 2.48. The van der Waals surface area contributed by atoms with Crippen molar-refractivity contribution in [3.8, 4) is 0 Å². The van der Waals surface area contributed by atoms with Crippen LogP contribution in [-0.2, 0) is 6.54 Å². The molecule has 16 heavy (non-hydrogen) atoms. The van der Waals surface area contributed by atoms with Crippen LogP contribution in [0.25, 0.3) is 0 Å². The van der Waals surface area contributed by atoms with Crippen molar-refractivity contribution in [2.75, 3.05) is 6.54 Å². The molecule has 1 aromatic rings. The molecule has 0 aliphatic heterocycles. The number of aromatic nitrogens is 1. The van der Waals surface area contributed by atoms with E-state index in [1.165, 1.54) is 43.4 Å². The molecule has 0 atom stereocenters. The number of hydrogen-bond acceptors (Lipinski definition) is 2. The van der Waals surface area contributed by atoms with Gasteiger partial charge in [0.05, 0.1) is 5.69 Å². The molecule has 0 radical (unpaired) electrons. The Hall–Kier alpha value is -0.890. The lowest BCUT2D eigenvalue weighted by atomic mass is 10.0. The molecular weight excluding hydrogens is 196 g/mol. The van der Waals surface area contributed by atoms with Crippen molar-refractivity contribution < 1.29 is 0 Å². The Bertz CT molecular complexity index is 316. The van der Waals surface area contributed by atoms with Crippen LogP contribution in [0.3, 0.4) is 0 Å². The Labute approximate surface area is 98.5 Å². The maximum Gasteiger partial charge on any atom is 0.0570 e. The van der Waals surface area contributed by atoms with Crippen LogP contribution in [0.2, 0.25) is 0 Å². The Morgan fingerprint density at radius 1 is 1.38 bits per heavy atom. The number of hydrogen-bond donors (Lipinski definition) is 1. The molecular formula is C14H22N2. The quantitative estimate of drug-likeness (QED) is 0.768. The van der Waals surface area contributed by atoms with Crippen LogP contribution in [0.5, 0.6) is 0 Å². The van der Waals surface area contributed by atoms with Gasteiger partial charge in [-0.25, -0.2) is 0 Å². The minimum atomic E-state index is 0.916. The number of aryl methyl sites for hydroxylation is 1. The lowest BCUT2D eigenvalue weighted by Crippen LogP contribution is -2.18. The summed E-state index contributed by atoms with van der Waals surface area (Å²) in [6.07, 6.45) is 9.01. The summed E-state index contributed by atoms with van der Waals surface area (Å²) < 4.78 is 0. The molecule has 0 amide bonds. The first-order valence-electron chi connectivity index (χ1n) is 6.47. The van der Waals surface area contributed by atoms with Crippen LogP contribution >= 0.6 is 0 Å². The van der Waals surface area contributed by atoms with Gasteiger partial charge in [-0.2, -0.15) is 0 Å². The molecule has 1 aromatic heterocycles. The fourth-order valence-electron chi connectivity index (χ4n) is 2.52. The van der Waals surface area contributed by atoms with E-state index in [1.54, 1.807) is 0 Å². The second-order valence-corrected chi connectivity index (χ2v) is 4.88. The van der Waals surface area contributed by atoms with E-state index >= 15 is 0 Å². The summed E-state index contributed by atoms with van der Waals surface area (Å²) in [7, 11) is 0. The monoisotopic (exact) mass is 218 g/mol. The molecule has 0 aromatic carbocycles. The van der Waals surface area contributed by atoms with Crippen molar-refractivity contribution in [3.05, 3.63) is 29.6 Å². The summed E-state index contributed by atoms with van der Waals surface area (Å²) in [4.78, 5) is 4.39. The minimum Gasteiger partial charge on any atom is -0.311 e. The fourth-order valence-corrected chi connectivity index (χ4v) is 2.52. The molecule has 2 rings (SSSR count). The van der Waals surface area contributed by atoms with Crippen LogP contribution in [0.15, 0.2) is 18.3 Å². The van der Waals surface area contributed by atoms with Crippen molar-refractivity contribution in [1.29, 1.82) is 0 Å². The second-order valence-electron chi connectivity index (χ2n) is 4.88. The summed E-state index contributed by atoms with van der Waals surface area (Å²) in [6, 6.07) is 4.12. The minimum absolute atomic E-state index is 0.916. The van der Waals surface area contributed by atoms with E-state index in [-0.39, 0.29) is 0 Å². The molecule has 1 saturated carbocycles. The summed E-state index contributed by atoms with van der Waals surface area (Å²) in [6.45, 7) is 4.18. The third-order valence-corrected chi connectivity index (χ3v) is 3.61. The highest BCUT2D eigenvalue weighted by Gasteiger charge is 2.13. The second kappa shape index (κ2) is 6.00. The number of pyridine rings is 1. The molecule has 1 N–H and O–H groups in total. The topological polar surface area (TPSA) is 24.9 Å². The van der Waals surface area contributed by atoms with Gasteiger partial charge in [-0.3, -0.25) is 4.98 Å². The molecule has 0 spiro atoms. The summed E-state index contributed by atoms with van der Waals surface area (Å²) >= 11 is 0. The molecule has 1 heterocycles. The highest BCUT2D eigenvalue weighted by Crippen LogP contribution is 2.26. The van der Waals surface area contributed by atoms with Gasteiger partial charge in [-0.05, 0) is 37.4 Å². The number of rotatable bonds is 5. The molecule has 2 nitrogen and oxygen atoms in total. The van der Waals surface area contributed by atoms with Gasteiger partial charge in [0, 0.05) is 12.7 Å². The first-order valence-corrected chi connectivity index (χ1v) is 6.47. The van der Waals surface area contributed by atoms with Gasteiger partial charge in [0.15, 0.2) is 0 Å². The van der Waals surface area contributed by atoms with Gasteiger partial charge in [-0.15, -0.1) is 0 Å². The first-order chi connectivity index (χ1) is 7.86. The predicted octanol–water partition coefficient (Wildman–Crippen LogP) is 3.06. The van der Waals surface area contributed by atoms with Crippen LogP contribution in [-0.4, -0.2) is 11.5 Å². The van der Waals surface area contributed by atoms with Crippen molar-refractivity contribution in [3.63, 3.8) is 0 Å². The summed E-state index contributed by atoms with van der Waals surface area (Å²) in [5.74, 6) is 0.984. The van der Waals surface area contributed by atoms with Crippen molar-refractivity contribution >= 4 is 0 Å². The number of nitrogens with zero attached hydrogens (tertiary/aromatic N) is 1. The van der Waals surface area contributed by atoms with Crippen LogP contribution < -0.4 is 5.32 Å². The molecule has 2 heteroatoms. The standard InChI is InChI=1S/C14H22N2/c1-12-5-4-9-16-14(12)11-15-10-8-13-6-2-3-7-13/h4-5,9,13,15H,2-3,6-8,10-11H2,1H3. The third kappa shape index (κ3) is 3.31. The normalized spacial score (nSPS) is 16.8. The van der Waals surface area contributed by atoms with Crippen LogP contribution in [0.4, 0.5) is 0 Å². The van der Waals surface area contributed by atoms with Gasteiger partial charge in [-0.1, -0.05) is 31.7 Å². The maximum absolute atomic E-state index is 4.39. The van der Waals surface area contributed by atoms with Gasteiger partial charge in [0.1, 0.15) is 0 Å². The smallest absolute Gasteiger partial charge is 0.0570 e. The van der Waals surface area contributed by atoms with Gasteiger partial charge < -0.3 is 5.32 Å². The fraction of sp³-hybridized carbons (Fsp3) is 0.643. The predicted molar refractivity (Wildman–Crippen MR) is 67.3 cm³/mol. The SMILES string of the molecule is Cc1cccnc1CNCCC1CCCC1. The Morgan fingerprint density at radius 2 is 2.19 bits per heavy atom. The zero-order chi connectivity index (χ0) is 11.2. The zero-order valence-corrected chi connectivity index (χ0v) is 10.2. The molecule has 1 aliphatic rings. The van der Waals surface area contributed by atoms with E-state index in [1.807, 2.05) is 12.3 Å². The van der Waals surface area contributed by atoms with Crippen LogP contribution in [0.1, 0.15) is 43.4 Å². The first kappa shape index (κ1) is 11.6. The zero-order valence-electron chi connectivity index (χ0n) is 10.2. The molecule has 0 saturated heterocycles. The highest BCUT2D eigenvalue weighted by molar-refractivity contribution is 5.17.